The molecular weight excluding hydrogens is 364 g/mol. The van der Waals surface area contributed by atoms with E-state index >= 15 is 0 Å². The van der Waals surface area contributed by atoms with Crippen molar-refractivity contribution >= 4 is 23.3 Å². The molecule has 4 rings (SSSR count). The summed E-state index contributed by atoms with van der Waals surface area (Å²) >= 11 is 6.20. The Kier molecular flexibility index (Phi) is 4.77. The van der Waals surface area contributed by atoms with Gasteiger partial charge in [-0.3, -0.25) is 9.59 Å². The van der Waals surface area contributed by atoms with E-state index in [-0.39, 0.29) is 11.7 Å². The van der Waals surface area contributed by atoms with Crippen LogP contribution < -0.4 is 5.32 Å². The zero-order valence-electron chi connectivity index (χ0n) is 14.5. The van der Waals surface area contributed by atoms with Gasteiger partial charge in [-0.15, -0.1) is 0 Å². The summed E-state index contributed by atoms with van der Waals surface area (Å²) in [6.07, 6.45) is 3.70. The van der Waals surface area contributed by atoms with Crippen LogP contribution in [0.25, 0.3) is 11.3 Å². The molecule has 0 bridgehead atoms. The maximum atomic E-state index is 12.6. The molecule has 6 heteroatoms. The van der Waals surface area contributed by atoms with Gasteiger partial charge in [-0.2, -0.15) is 0 Å². The largest absolute Gasteiger partial charge is 0.363 e. The molecule has 0 saturated carbocycles. The van der Waals surface area contributed by atoms with Gasteiger partial charge in [0.2, 0.25) is 0 Å². The highest BCUT2D eigenvalue weighted by Crippen LogP contribution is 2.29. The number of hydrogen-bond donors (Lipinski definition) is 1. The molecule has 5 nitrogen and oxygen atoms in total. The van der Waals surface area contributed by atoms with Crippen LogP contribution >= 0.6 is 11.6 Å². The third kappa shape index (κ3) is 3.51. The topological polar surface area (TPSA) is 72.2 Å². The quantitative estimate of drug-likeness (QED) is 0.726. The predicted molar refractivity (Wildman–Crippen MR) is 102 cm³/mol. The van der Waals surface area contributed by atoms with E-state index in [0.717, 1.165) is 29.5 Å². The second-order valence-corrected chi connectivity index (χ2v) is 6.91. The lowest BCUT2D eigenvalue weighted by molar-refractivity contribution is 0.0947. The molecule has 1 aliphatic rings. The standard InChI is InChI=1S/C21H17ClN2O3/c22-18-6-2-1-5-16(18)20-17(12-27-24-20)21(26)23-11-13-8-9-15-14(10-13)4-3-7-19(15)25/h1-2,5-6,8-10,12H,3-4,7,11H2,(H,23,26). The fourth-order valence-electron chi connectivity index (χ4n) is 3.33. The summed E-state index contributed by atoms with van der Waals surface area (Å²) in [5, 5.41) is 7.31. The molecule has 0 spiro atoms. The second-order valence-electron chi connectivity index (χ2n) is 6.51. The SMILES string of the molecule is O=C1CCCc2cc(CNC(=O)c3conc3-c3ccccc3Cl)ccc21. The van der Waals surface area contributed by atoms with E-state index in [1.165, 1.54) is 6.26 Å². The molecule has 0 radical (unpaired) electrons. The van der Waals surface area contributed by atoms with Crippen LogP contribution in [0, 0.1) is 0 Å². The number of halogens is 1. The Morgan fingerprint density at radius 2 is 2.00 bits per heavy atom. The number of nitrogens with one attached hydrogen (secondary N) is 1. The molecule has 3 aromatic rings. The number of carbonyl (C=O) groups is 2. The maximum Gasteiger partial charge on any atom is 0.257 e. The number of rotatable bonds is 4. The Morgan fingerprint density at radius 1 is 1.15 bits per heavy atom. The molecule has 27 heavy (non-hydrogen) atoms. The van der Waals surface area contributed by atoms with Gasteiger partial charge in [0.05, 0.1) is 5.02 Å². The molecule has 1 aliphatic carbocycles. The third-order valence-corrected chi connectivity index (χ3v) is 5.05. The van der Waals surface area contributed by atoms with Crippen molar-refractivity contribution in [1.82, 2.24) is 10.5 Å². The summed E-state index contributed by atoms with van der Waals surface area (Å²) in [7, 11) is 0. The van der Waals surface area contributed by atoms with Gasteiger partial charge in [0.25, 0.3) is 5.91 Å². The lowest BCUT2D eigenvalue weighted by Gasteiger charge is -2.15. The normalized spacial score (nSPS) is 13.3. The van der Waals surface area contributed by atoms with E-state index in [4.69, 9.17) is 16.1 Å². The zero-order chi connectivity index (χ0) is 18.8. The Labute approximate surface area is 161 Å². The maximum absolute atomic E-state index is 12.6. The summed E-state index contributed by atoms with van der Waals surface area (Å²) in [4.78, 5) is 24.5. The highest BCUT2D eigenvalue weighted by Gasteiger charge is 2.20. The Balaban J connectivity index is 1.51. The predicted octanol–water partition coefficient (Wildman–Crippen LogP) is 4.44. The van der Waals surface area contributed by atoms with Crippen LogP contribution in [0.5, 0.6) is 0 Å². The molecule has 0 atom stereocenters. The van der Waals surface area contributed by atoms with Gasteiger partial charge in [-0.25, -0.2) is 0 Å². The number of ketones is 1. The molecule has 0 fully saturated rings. The highest BCUT2D eigenvalue weighted by molar-refractivity contribution is 6.33. The lowest BCUT2D eigenvalue weighted by atomic mass is 9.89. The van der Waals surface area contributed by atoms with E-state index in [9.17, 15) is 9.59 Å². The fourth-order valence-corrected chi connectivity index (χ4v) is 3.56. The number of benzene rings is 2. The molecule has 136 valence electrons. The van der Waals surface area contributed by atoms with Crippen LogP contribution in [0.2, 0.25) is 5.02 Å². The lowest BCUT2D eigenvalue weighted by Crippen LogP contribution is -2.23. The fraction of sp³-hybridized carbons (Fsp3) is 0.190. The van der Waals surface area contributed by atoms with Crippen molar-refractivity contribution in [3.05, 3.63) is 76.0 Å². The van der Waals surface area contributed by atoms with Gasteiger partial charge in [0, 0.05) is 24.1 Å². The van der Waals surface area contributed by atoms with Crippen molar-refractivity contribution in [3.8, 4) is 11.3 Å². The van der Waals surface area contributed by atoms with E-state index in [2.05, 4.69) is 10.5 Å². The number of aromatic nitrogens is 1. The van der Waals surface area contributed by atoms with Gasteiger partial charge in [0.1, 0.15) is 17.5 Å². The van der Waals surface area contributed by atoms with Crippen LogP contribution in [-0.4, -0.2) is 16.8 Å². The van der Waals surface area contributed by atoms with Crippen LogP contribution in [0.4, 0.5) is 0 Å². The van der Waals surface area contributed by atoms with Crippen molar-refractivity contribution in [3.63, 3.8) is 0 Å². The zero-order valence-corrected chi connectivity index (χ0v) is 15.3. The first-order valence-corrected chi connectivity index (χ1v) is 9.14. The minimum absolute atomic E-state index is 0.195. The second kappa shape index (κ2) is 7.37. The van der Waals surface area contributed by atoms with Crippen LogP contribution in [-0.2, 0) is 13.0 Å². The van der Waals surface area contributed by atoms with Gasteiger partial charge >= 0.3 is 0 Å². The summed E-state index contributed by atoms with van der Waals surface area (Å²) in [6, 6.07) is 12.9. The van der Waals surface area contributed by atoms with Crippen molar-refractivity contribution in [1.29, 1.82) is 0 Å². The molecule has 2 aromatic carbocycles. The molecule has 0 unspecified atom stereocenters. The van der Waals surface area contributed by atoms with Crippen molar-refractivity contribution in [2.45, 2.75) is 25.8 Å². The van der Waals surface area contributed by atoms with E-state index in [0.29, 0.717) is 34.8 Å². The number of amides is 1. The highest BCUT2D eigenvalue weighted by atomic mass is 35.5. The number of fused-ring (bicyclic) bond motifs is 1. The molecule has 0 aliphatic heterocycles. The van der Waals surface area contributed by atoms with Gasteiger partial charge < -0.3 is 9.84 Å². The van der Waals surface area contributed by atoms with Gasteiger partial charge in [-0.05, 0) is 30.0 Å². The van der Waals surface area contributed by atoms with E-state index in [1.807, 2.05) is 30.3 Å². The molecule has 1 N–H and O–H groups in total. The number of Topliss-reactive ketones (excluding diaryl/α,β-unsaturated/α-hetero) is 1. The summed E-state index contributed by atoms with van der Waals surface area (Å²) in [6.45, 7) is 0.355. The number of hydrogen-bond acceptors (Lipinski definition) is 4. The van der Waals surface area contributed by atoms with E-state index < -0.39 is 0 Å². The summed E-state index contributed by atoms with van der Waals surface area (Å²) in [5.41, 5.74) is 4.19. The third-order valence-electron chi connectivity index (χ3n) is 4.72. The minimum atomic E-state index is -0.292. The Bertz CT molecular complexity index is 1030. The van der Waals surface area contributed by atoms with Crippen molar-refractivity contribution < 1.29 is 14.1 Å². The Hall–Kier alpha value is -2.92. The van der Waals surface area contributed by atoms with Crippen LogP contribution in [0.3, 0.4) is 0 Å². The average molecular weight is 381 g/mol. The number of aryl methyl sites for hydroxylation is 1. The minimum Gasteiger partial charge on any atom is -0.363 e. The van der Waals surface area contributed by atoms with Gasteiger partial charge in [-0.1, -0.05) is 53.2 Å². The first kappa shape index (κ1) is 17.5. The average Bonchev–Trinajstić information content (AvgIpc) is 3.16. The van der Waals surface area contributed by atoms with Crippen LogP contribution in [0.15, 0.2) is 53.3 Å². The summed E-state index contributed by atoms with van der Waals surface area (Å²) < 4.78 is 5.01. The molecule has 0 saturated heterocycles. The van der Waals surface area contributed by atoms with Gasteiger partial charge in [0.15, 0.2) is 5.78 Å². The molecule has 1 aromatic heterocycles. The van der Waals surface area contributed by atoms with E-state index in [1.54, 1.807) is 12.1 Å². The molecule has 1 heterocycles. The Morgan fingerprint density at radius 3 is 2.85 bits per heavy atom. The number of nitrogens with zero attached hydrogens (tertiary/aromatic N) is 1. The smallest absolute Gasteiger partial charge is 0.257 e. The monoisotopic (exact) mass is 380 g/mol. The number of carbonyl (C=O) groups excluding carboxylic acids is 2. The molecule has 1 amide bonds. The van der Waals surface area contributed by atoms with Crippen LogP contribution in [0.1, 0.15) is 44.7 Å². The van der Waals surface area contributed by atoms with Crippen molar-refractivity contribution in [2.75, 3.05) is 0 Å². The van der Waals surface area contributed by atoms with Crippen molar-refractivity contribution in [2.24, 2.45) is 0 Å². The first-order valence-electron chi connectivity index (χ1n) is 8.76. The summed E-state index contributed by atoms with van der Waals surface area (Å²) in [5.74, 6) is -0.0966. The first-order chi connectivity index (χ1) is 13.1. The molecular formula is C21H17ClN2O3.